The molecule has 0 aliphatic heterocycles. The van der Waals surface area contributed by atoms with Gasteiger partial charge < -0.3 is 5.43 Å². The van der Waals surface area contributed by atoms with Crippen molar-refractivity contribution in [2.75, 3.05) is 12.5 Å². The third-order valence-corrected chi connectivity index (χ3v) is 4.00. The first-order chi connectivity index (χ1) is 9.60. The molecule has 0 amide bonds. The third-order valence-electron chi connectivity index (χ3n) is 2.88. The zero-order valence-electron chi connectivity index (χ0n) is 11.1. The number of benzene rings is 1. The molecule has 2 aromatic rings. The van der Waals surface area contributed by atoms with Crippen LogP contribution in [0.15, 0.2) is 40.9 Å². The van der Waals surface area contributed by atoms with E-state index in [0.717, 1.165) is 16.7 Å². The van der Waals surface area contributed by atoms with E-state index in [0.29, 0.717) is 17.4 Å². The smallest absolute Gasteiger partial charge is 0.140 e. The van der Waals surface area contributed by atoms with E-state index in [-0.39, 0.29) is 0 Å². The SMILES string of the molecule is CN(Cc1ccccc1Br)Cc1nc(NN)ccc1Cl. The molecule has 20 heavy (non-hydrogen) atoms. The standard InChI is InChI=1S/C14H16BrClN4/c1-20(8-10-4-2-3-5-11(10)15)9-13-12(16)6-7-14(18-13)19-17/h2-7H,8-9,17H2,1H3,(H,18,19). The summed E-state index contributed by atoms with van der Waals surface area (Å²) in [6.07, 6.45) is 0. The fourth-order valence-corrected chi connectivity index (χ4v) is 2.48. The highest BCUT2D eigenvalue weighted by molar-refractivity contribution is 9.10. The van der Waals surface area contributed by atoms with Crippen LogP contribution in [0.4, 0.5) is 5.82 Å². The van der Waals surface area contributed by atoms with Gasteiger partial charge in [-0.3, -0.25) is 4.90 Å². The van der Waals surface area contributed by atoms with E-state index < -0.39 is 0 Å². The number of nitrogens with zero attached hydrogens (tertiary/aromatic N) is 2. The molecule has 0 atom stereocenters. The number of hydrogen-bond acceptors (Lipinski definition) is 4. The Balaban J connectivity index is 2.08. The second kappa shape index (κ2) is 7.04. The van der Waals surface area contributed by atoms with Crippen molar-refractivity contribution in [3.63, 3.8) is 0 Å². The lowest BCUT2D eigenvalue weighted by Gasteiger charge is -2.18. The molecule has 0 aliphatic carbocycles. The Labute approximate surface area is 132 Å². The molecule has 2 rings (SSSR count). The van der Waals surface area contributed by atoms with Crippen molar-refractivity contribution in [1.82, 2.24) is 9.88 Å². The fraction of sp³-hybridized carbons (Fsp3) is 0.214. The van der Waals surface area contributed by atoms with Crippen molar-refractivity contribution < 1.29 is 0 Å². The van der Waals surface area contributed by atoms with E-state index in [1.807, 2.05) is 25.2 Å². The average Bonchev–Trinajstić information content (AvgIpc) is 2.44. The van der Waals surface area contributed by atoms with E-state index in [4.69, 9.17) is 17.4 Å². The van der Waals surface area contributed by atoms with E-state index in [1.165, 1.54) is 5.56 Å². The van der Waals surface area contributed by atoms with Crippen LogP contribution in [0, 0.1) is 0 Å². The molecule has 0 aliphatic rings. The Kier molecular flexibility index (Phi) is 5.37. The molecule has 4 nitrogen and oxygen atoms in total. The number of nitrogen functional groups attached to an aromatic ring is 1. The molecule has 0 fully saturated rings. The lowest BCUT2D eigenvalue weighted by Crippen LogP contribution is -2.19. The molecule has 1 aromatic heterocycles. The van der Waals surface area contributed by atoms with Gasteiger partial charge in [-0.15, -0.1) is 0 Å². The number of hydrogen-bond donors (Lipinski definition) is 2. The largest absolute Gasteiger partial charge is 0.308 e. The van der Waals surface area contributed by atoms with E-state index in [9.17, 15) is 0 Å². The summed E-state index contributed by atoms with van der Waals surface area (Å²) in [5.74, 6) is 5.98. The minimum Gasteiger partial charge on any atom is -0.308 e. The van der Waals surface area contributed by atoms with Crippen LogP contribution in [0.2, 0.25) is 5.02 Å². The Bertz CT molecular complexity index is 591. The zero-order chi connectivity index (χ0) is 14.5. The molecule has 0 unspecified atom stereocenters. The van der Waals surface area contributed by atoms with Crippen LogP contribution in [0.3, 0.4) is 0 Å². The molecule has 6 heteroatoms. The van der Waals surface area contributed by atoms with Gasteiger partial charge in [-0.2, -0.15) is 0 Å². The van der Waals surface area contributed by atoms with Crippen LogP contribution in [0.1, 0.15) is 11.3 Å². The number of pyridine rings is 1. The highest BCUT2D eigenvalue weighted by atomic mass is 79.9. The monoisotopic (exact) mass is 354 g/mol. The van der Waals surface area contributed by atoms with Gasteiger partial charge in [0.2, 0.25) is 0 Å². The summed E-state index contributed by atoms with van der Waals surface area (Å²) in [6, 6.07) is 11.7. The Morgan fingerprint density at radius 2 is 2.00 bits per heavy atom. The van der Waals surface area contributed by atoms with Crippen molar-refractivity contribution >= 4 is 33.3 Å². The second-order valence-corrected chi connectivity index (χ2v) is 5.79. The Hall–Kier alpha value is -1.14. The average molecular weight is 356 g/mol. The molecule has 0 saturated carbocycles. The Morgan fingerprint density at radius 3 is 2.70 bits per heavy atom. The Morgan fingerprint density at radius 1 is 1.25 bits per heavy atom. The molecular formula is C14H16BrClN4. The molecular weight excluding hydrogens is 340 g/mol. The van der Waals surface area contributed by atoms with Crippen LogP contribution in [0.25, 0.3) is 0 Å². The number of hydrazine groups is 1. The summed E-state index contributed by atoms with van der Waals surface area (Å²) in [5.41, 5.74) is 4.55. The van der Waals surface area contributed by atoms with Crippen LogP contribution < -0.4 is 11.3 Å². The third kappa shape index (κ3) is 3.93. The van der Waals surface area contributed by atoms with Gasteiger partial charge in [-0.1, -0.05) is 45.7 Å². The zero-order valence-corrected chi connectivity index (χ0v) is 13.4. The first-order valence-corrected chi connectivity index (χ1v) is 7.31. The minimum absolute atomic E-state index is 0.610. The number of rotatable bonds is 5. The lowest BCUT2D eigenvalue weighted by atomic mass is 10.2. The van der Waals surface area contributed by atoms with Crippen LogP contribution >= 0.6 is 27.5 Å². The molecule has 0 spiro atoms. The van der Waals surface area contributed by atoms with Crippen molar-refractivity contribution in [2.45, 2.75) is 13.1 Å². The van der Waals surface area contributed by atoms with Gasteiger partial charge in [0.15, 0.2) is 0 Å². The fourth-order valence-electron chi connectivity index (χ4n) is 1.90. The van der Waals surface area contributed by atoms with Gasteiger partial charge in [0.1, 0.15) is 5.82 Å². The molecule has 1 heterocycles. The van der Waals surface area contributed by atoms with Crippen LogP contribution in [-0.4, -0.2) is 16.9 Å². The van der Waals surface area contributed by atoms with Crippen LogP contribution in [-0.2, 0) is 13.1 Å². The number of nitrogens with two attached hydrogens (primary N) is 1. The maximum Gasteiger partial charge on any atom is 0.140 e. The second-order valence-electron chi connectivity index (χ2n) is 4.53. The highest BCUT2D eigenvalue weighted by Gasteiger charge is 2.09. The molecule has 0 bridgehead atoms. The quantitative estimate of drug-likeness (QED) is 0.637. The topological polar surface area (TPSA) is 54.2 Å². The molecule has 3 N–H and O–H groups in total. The number of aromatic nitrogens is 1. The number of anilines is 1. The summed E-state index contributed by atoms with van der Waals surface area (Å²) in [6.45, 7) is 1.45. The van der Waals surface area contributed by atoms with Gasteiger partial charge in [0.25, 0.3) is 0 Å². The predicted octanol–water partition coefficient (Wildman–Crippen LogP) is 3.42. The van der Waals surface area contributed by atoms with E-state index >= 15 is 0 Å². The van der Waals surface area contributed by atoms with Gasteiger partial charge in [-0.25, -0.2) is 10.8 Å². The number of nitrogens with one attached hydrogen (secondary N) is 1. The van der Waals surface area contributed by atoms with Crippen molar-refractivity contribution in [2.24, 2.45) is 5.84 Å². The first kappa shape index (κ1) is 15.3. The van der Waals surface area contributed by atoms with Crippen LogP contribution in [0.5, 0.6) is 0 Å². The predicted molar refractivity (Wildman–Crippen MR) is 86.4 cm³/mol. The summed E-state index contributed by atoms with van der Waals surface area (Å²) >= 11 is 9.72. The summed E-state index contributed by atoms with van der Waals surface area (Å²) in [4.78, 5) is 6.52. The maximum atomic E-state index is 6.16. The van der Waals surface area contributed by atoms with Crippen molar-refractivity contribution in [3.05, 3.63) is 57.2 Å². The van der Waals surface area contributed by atoms with Crippen molar-refractivity contribution in [3.8, 4) is 0 Å². The van der Waals surface area contributed by atoms with Crippen molar-refractivity contribution in [1.29, 1.82) is 0 Å². The van der Waals surface area contributed by atoms with Gasteiger partial charge in [0, 0.05) is 17.6 Å². The summed E-state index contributed by atoms with van der Waals surface area (Å²) in [7, 11) is 2.03. The summed E-state index contributed by atoms with van der Waals surface area (Å²) < 4.78 is 1.10. The first-order valence-electron chi connectivity index (χ1n) is 6.14. The molecule has 1 aromatic carbocycles. The van der Waals surface area contributed by atoms with E-state index in [2.05, 4.69) is 37.3 Å². The van der Waals surface area contributed by atoms with Gasteiger partial charge >= 0.3 is 0 Å². The minimum atomic E-state index is 0.610. The molecule has 106 valence electrons. The van der Waals surface area contributed by atoms with Gasteiger partial charge in [0.05, 0.1) is 10.7 Å². The molecule has 0 radical (unpaired) electrons. The van der Waals surface area contributed by atoms with Gasteiger partial charge in [-0.05, 0) is 30.8 Å². The lowest BCUT2D eigenvalue weighted by molar-refractivity contribution is 0.315. The van der Waals surface area contributed by atoms with E-state index in [1.54, 1.807) is 12.1 Å². The summed E-state index contributed by atoms with van der Waals surface area (Å²) in [5, 5.41) is 0.642. The highest BCUT2D eigenvalue weighted by Crippen LogP contribution is 2.21. The molecule has 0 saturated heterocycles. The normalized spacial score (nSPS) is 10.8. The number of halogens is 2. The maximum absolute atomic E-state index is 6.16.